The van der Waals surface area contributed by atoms with Crippen LogP contribution >= 0.6 is 0 Å². The number of hydrogen-bond donors (Lipinski definition) is 3. The lowest BCUT2D eigenvalue weighted by molar-refractivity contribution is 0.00826. The molecule has 0 aliphatic carbocycles. The van der Waals surface area contributed by atoms with Crippen LogP contribution in [0.1, 0.15) is 50.0 Å². The number of hydrogen-bond acceptors (Lipinski definition) is 3. The molecule has 0 spiro atoms. The summed E-state index contributed by atoms with van der Waals surface area (Å²) in [6.45, 7) is 9.18. The highest BCUT2D eigenvalue weighted by Crippen LogP contribution is 2.19. The molecule has 0 aliphatic heterocycles. The van der Waals surface area contributed by atoms with Crippen molar-refractivity contribution in [3.63, 3.8) is 0 Å². The van der Waals surface area contributed by atoms with Gasteiger partial charge in [-0.1, -0.05) is 20.3 Å². The zero-order chi connectivity index (χ0) is 16.9. The van der Waals surface area contributed by atoms with Crippen LogP contribution in [0, 0.1) is 12.8 Å². The van der Waals surface area contributed by atoms with Crippen molar-refractivity contribution < 1.29 is 14.7 Å². The first-order valence-corrected chi connectivity index (χ1v) is 7.56. The number of nitrogens with one attached hydrogen (secondary N) is 2. The van der Waals surface area contributed by atoms with E-state index in [1.165, 1.54) is 6.92 Å². The molecule has 0 fully saturated rings. The summed E-state index contributed by atoms with van der Waals surface area (Å²) in [5.41, 5.74) is 1.13. The van der Waals surface area contributed by atoms with E-state index in [0.717, 1.165) is 12.0 Å². The van der Waals surface area contributed by atoms with Gasteiger partial charge in [-0.15, -0.1) is 0 Å². The average molecular weight is 306 g/mol. The lowest BCUT2D eigenvalue weighted by Crippen LogP contribution is -2.46. The highest BCUT2D eigenvalue weighted by atomic mass is 16.3. The highest BCUT2D eigenvalue weighted by molar-refractivity contribution is 5.96. The first kappa shape index (κ1) is 18.2. The van der Waals surface area contributed by atoms with Crippen molar-refractivity contribution in [2.75, 3.05) is 11.9 Å². The molecule has 0 saturated carbocycles. The van der Waals surface area contributed by atoms with Crippen molar-refractivity contribution in [2.24, 2.45) is 5.92 Å². The SMILES string of the molecule is CCC(C)C(C)(O)CNC(=O)Nc1ccc(C(C)=O)c(C)c1. The average Bonchev–Trinajstić information content (AvgIpc) is 2.44. The Labute approximate surface area is 132 Å². The van der Waals surface area contributed by atoms with Crippen molar-refractivity contribution in [3.05, 3.63) is 29.3 Å². The second-order valence-corrected chi connectivity index (χ2v) is 6.06. The fourth-order valence-electron chi connectivity index (χ4n) is 2.18. The first-order valence-electron chi connectivity index (χ1n) is 7.56. The third-order valence-corrected chi connectivity index (χ3v) is 4.14. The third kappa shape index (κ3) is 4.84. The molecule has 1 aromatic rings. The van der Waals surface area contributed by atoms with E-state index < -0.39 is 5.60 Å². The Kier molecular flexibility index (Phi) is 6.11. The first-order chi connectivity index (χ1) is 10.2. The Balaban J connectivity index is 2.63. The smallest absolute Gasteiger partial charge is 0.319 e. The summed E-state index contributed by atoms with van der Waals surface area (Å²) in [4.78, 5) is 23.3. The van der Waals surface area contributed by atoms with Crippen molar-refractivity contribution >= 4 is 17.5 Å². The van der Waals surface area contributed by atoms with Gasteiger partial charge in [-0.05, 0) is 50.5 Å². The number of carbonyl (C=O) groups is 2. The number of urea groups is 1. The molecule has 2 amide bonds. The fraction of sp³-hybridized carbons (Fsp3) is 0.529. The largest absolute Gasteiger partial charge is 0.388 e. The molecule has 0 radical (unpaired) electrons. The Morgan fingerprint density at radius 2 is 2.00 bits per heavy atom. The maximum absolute atomic E-state index is 11.9. The summed E-state index contributed by atoms with van der Waals surface area (Å²) in [6, 6.07) is 4.76. The Morgan fingerprint density at radius 3 is 2.50 bits per heavy atom. The van der Waals surface area contributed by atoms with Gasteiger partial charge in [0.1, 0.15) is 0 Å². The lowest BCUT2D eigenvalue weighted by atomic mass is 9.89. The second-order valence-electron chi connectivity index (χ2n) is 6.06. The second kappa shape index (κ2) is 7.40. The number of anilines is 1. The third-order valence-electron chi connectivity index (χ3n) is 4.14. The van der Waals surface area contributed by atoms with Gasteiger partial charge in [-0.25, -0.2) is 4.79 Å². The van der Waals surface area contributed by atoms with Crippen LogP contribution in [0.4, 0.5) is 10.5 Å². The summed E-state index contributed by atoms with van der Waals surface area (Å²) < 4.78 is 0. The molecule has 0 saturated heterocycles. The molecular weight excluding hydrogens is 280 g/mol. The van der Waals surface area contributed by atoms with E-state index in [2.05, 4.69) is 10.6 Å². The summed E-state index contributed by atoms with van der Waals surface area (Å²) in [6.07, 6.45) is 0.835. The van der Waals surface area contributed by atoms with Crippen LogP contribution in [0.2, 0.25) is 0 Å². The van der Waals surface area contributed by atoms with Crippen molar-refractivity contribution in [2.45, 2.75) is 46.6 Å². The van der Waals surface area contributed by atoms with Gasteiger partial charge < -0.3 is 15.7 Å². The van der Waals surface area contributed by atoms with E-state index in [9.17, 15) is 14.7 Å². The van der Waals surface area contributed by atoms with Gasteiger partial charge in [0.2, 0.25) is 0 Å². The van der Waals surface area contributed by atoms with Gasteiger partial charge in [0.15, 0.2) is 5.78 Å². The zero-order valence-electron chi connectivity index (χ0n) is 14.0. The Morgan fingerprint density at radius 1 is 1.36 bits per heavy atom. The maximum Gasteiger partial charge on any atom is 0.319 e. The number of aliphatic hydroxyl groups is 1. The quantitative estimate of drug-likeness (QED) is 0.707. The number of ketones is 1. The molecular formula is C17H26N2O3. The van der Waals surface area contributed by atoms with Gasteiger partial charge in [-0.3, -0.25) is 4.79 Å². The Bertz CT molecular complexity index is 553. The molecule has 1 aromatic carbocycles. The standard InChI is InChI=1S/C17H26N2O3/c1-6-12(3)17(5,22)10-18-16(21)19-14-7-8-15(13(4)20)11(2)9-14/h7-9,12,22H,6,10H2,1-5H3,(H2,18,19,21). The number of amides is 2. The van der Waals surface area contributed by atoms with Crippen LogP contribution in [0.15, 0.2) is 18.2 Å². The summed E-state index contributed by atoms with van der Waals surface area (Å²) in [5.74, 6) is 0.0861. The normalized spacial score (nSPS) is 14.8. The number of carbonyl (C=O) groups excluding carboxylic acids is 2. The zero-order valence-corrected chi connectivity index (χ0v) is 14.0. The van der Waals surface area contributed by atoms with Crippen LogP contribution in [-0.2, 0) is 0 Å². The summed E-state index contributed by atoms with van der Waals surface area (Å²) >= 11 is 0. The predicted molar refractivity (Wildman–Crippen MR) is 88.3 cm³/mol. The van der Waals surface area contributed by atoms with Crippen LogP contribution in [0.5, 0.6) is 0 Å². The van der Waals surface area contributed by atoms with E-state index in [1.54, 1.807) is 25.1 Å². The van der Waals surface area contributed by atoms with Crippen LogP contribution in [0.3, 0.4) is 0 Å². The van der Waals surface area contributed by atoms with E-state index >= 15 is 0 Å². The number of Topliss-reactive ketones (excluding diaryl/α,β-unsaturated/α-hetero) is 1. The van der Waals surface area contributed by atoms with E-state index in [1.807, 2.05) is 20.8 Å². The minimum absolute atomic E-state index is 0.00176. The predicted octanol–water partition coefficient (Wildman–Crippen LogP) is 3.12. The van der Waals surface area contributed by atoms with E-state index in [0.29, 0.717) is 11.3 Å². The molecule has 22 heavy (non-hydrogen) atoms. The molecule has 0 aromatic heterocycles. The minimum Gasteiger partial charge on any atom is -0.388 e. The molecule has 0 bridgehead atoms. The van der Waals surface area contributed by atoms with Crippen molar-refractivity contribution in [1.29, 1.82) is 0 Å². The van der Waals surface area contributed by atoms with E-state index in [-0.39, 0.29) is 24.3 Å². The molecule has 122 valence electrons. The van der Waals surface area contributed by atoms with Crippen LogP contribution in [-0.4, -0.2) is 29.1 Å². The fourth-order valence-corrected chi connectivity index (χ4v) is 2.18. The van der Waals surface area contributed by atoms with Crippen molar-refractivity contribution in [1.82, 2.24) is 5.32 Å². The van der Waals surface area contributed by atoms with E-state index in [4.69, 9.17) is 0 Å². The van der Waals surface area contributed by atoms with Gasteiger partial charge in [0.25, 0.3) is 0 Å². The molecule has 3 N–H and O–H groups in total. The van der Waals surface area contributed by atoms with Crippen LogP contribution in [0.25, 0.3) is 0 Å². The molecule has 2 atom stereocenters. The maximum atomic E-state index is 11.9. The number of benzene rings is 1. The minimum atomic E-state index is -0.944. The molecule has 5 nitrogen and oxygen atoms in total. The molecule has 0 aliphatic rings. The summed E-state index contributed by atoms with van der Waals surface area (Å²) in [7, 11) is 0. The topological polar surface area (TPSA) is 78.4 Å². The van der Waals surface area contributed by atoms with Gasteiger partial charge in [0.05, 0.1) is 5.60 Å². The molecule has 2 unspecified atom stereocenters. The summed E-state index contributed by atoms with van der Waals surface area (Å²) in [5, 5.41) is 15.6. The van der Waals surface area contributed by atoms with Gasteiger partial charge in [0, 0.05) is 17.8 Å². The number of rotatable bonds is 6. The van der Waals surface area contributed by atoms with Gasteiger partial charge >= 0.3 is 6.03 Å². The molecule has 0 heterocycles. The Hall–Kier alpha value is -1.88. The lowest BCUT2D eigenvalue weighted by Gasteiger charge is -2.29. The van der Waals surface area contributed by atoms with Crippen LogP contribution < -0.4 is 10.6 Å². The molecule has 5 heteroatoms. The highest BCUT2D eigenvalue weighted by Gasteiger charge is 2.27. The monoisotopic (exact) mass is 306 g/mol. The molecule has 1 rings (SSSR count). The van der Waals surface area contributed by atoms with Crippen molar-refractivity contribution in [3.8, 4) is 0 Å². The van der Waals surface area contributed by atoms with Gasteiger partial charge in [-0.2, -0.15) is 0 Å². The number of aryl methyl sites for hydroxylation is 1.